The molecule has 1 aliphatic rings. The van der Waals surface area contributed by atoms with E-state index >= 15 is 0 Å². The zero-order valence-electron chi connectivity index (χ0n) is 11.0. The van der Waals surface area contributed by atoms with Crippen LogP contribution >= 0.6 is 0 Å². The lowest BCUT2D eigenvalue weighted by atomic mass is 9.98. The number of benzene rings is 1. The average molecular weight is 265 g/mol. The van der Waals surface area contributed by atoms with Gasteiger partial charge in [0.25, 0.3) is 0 Å². The molecule has 1 heterocycles. The molecule has 0 aliphatic carbocycles. The first-order chi connectivity index (χ1) is 9.15. The fourth-order valence-corrected chi connectivity index (χ4v) is 2.51. The monoisotopic (exact) mass is 265 g/mol. The Hall–Kier alpha value is -1.82. The Kier molecular flexibility index (Phi) is 4.21. The Morgan fingerprint density at radius 1 is 1.58 bits per heavy atom. The van der Waals surface area contributed by atoms with Crippen LogP contribution in [0.5, 0.6) is 5.75 Å². The molecule has 2 N–H and O–H groups in total. The summed E-state index contributed by atoms with van der Waals surface area (Å²) in [7, 11) is 1.45. The number of methoxy groups -OCH3 is 1. The van der Waals surface area contributed by atoms with Gasteiger partial charge in [-0.25, -0.2) is 0 Å². The number of nitrogens with two attached hydrogens (primary N) is 1. The van der Waals surface area contributed by atoms with Crippen molar-refractivity contribution in [2.45, 2.75) is 12.8 Å². The van der Waals surface area contributed by atoms with Crippen LogP contribution in [0.4, 0.5) is 11.4 Å². The van der Waals surface area contributed by atoms with Gasteiger partial charge >= 0.3 is 5.69 Å². The normalized spacial score (nSPS) is 19.3. The van der Waals surface area contributed by atoms with Gasteiger partial charge in [-0.1, -0.05) is 0 Å². The predicted octanol–water partition coefficient (Wildman–Crippen LogP) is 1.78. The van der Waals surface area contributed by atoms with Crippen molar-refractivity contribution in [1.29, 1.82) is 0 Å². The molecule has 6 nitrogen and oxygen atoms in total. The first-order valence-electron chi connectivity index (χ1n) is 6.43. The molecule has 1 aromatic carbocycles. The molecule has 2 rings (SSSR count). The van der Waals surface area contributed by atoms with Crippen molar-refractivity contribution in [1.82, 2.24) is 0 Å². The van der Waals surface area contributed by atoms with Crippen LogP contribution in [0.2, 0.25) is 0 Å². The standard InChI is InChI=1S/C13H19N3O3/c1-19-13-7-11(4-5-12(13)16(17)18)15-6-2-3-10(8-14)9-15/h4-5,7,10H,2-3,6,8-9,14H2,1H3. The third-order valence-corrected chi connectivity index (χ3v) is 3.58. The highest BCUT2D eigenvalue weighted by Gasteiger charge is 2.21. The molecule has 1 aliphatic heterocycles. The summed E-state index contributed by atoms with van der Waals surface area (Å²) < 4.78 is 5.10. The molecule has 1 saturated heterocycles. The van der Waals surface area contributed by atoms with Crippen LogP contribution < -0.4 is 15.4 Å². The van der Waals surface area contributed by atoms with Gasteiger partial charge in [0.05, 0.1) is 12.0 Å². The topological polar surface area (TPSA) is 81.6 Å². The Bertz CT molecular complexity index is 464. The average Bonchev–Trinajstić information content (AvgIpc) is 2.46. The number of hydrogen-bond donors (Lipinski definition) is 1. The van der Waals surface area contributed by atoms with Gasteiger partial charge in [0, 0.05) is 30.9 Å². The number of hydrogen-bond acceptors (Lipinski definition) is 5. The first-order valence-corrected chi connectivity index (χ1v) is 6.43. The Balaban J connectivity index is 2.23. The van der Waals surface area contributed by atoms with E-state index in [1.54, 1.807) is 12.1 Å². The van der Waals surface area contributed by atoms with Crippen molar-refractivity contribution >= 4 is 11.4 Å². The van der Waals surface area contributed by atoms with Gasteiger partial charge in [-0.05, 0) is 31.4 Å². The fourth-order valence-electron chi connectivity index (χ4n) is 2.51. The summed E-state index contributed by atoms with van der Waals surface area (Å²) in [4.78, 5) is 12.6. The van der Waals surface area contributed by atoms with E-state index in [2.05, 4.69) is 4.90 Å². The van der Waals surface area contributed by atoms with E-state index in [0.717, 1.165) is 31.6 Å². The summed E-state index contributed by atoms with van der Waals surface area (Å²) in [6.45, 7) is 2.54. The Morgan fingerprint density at radius 3 is 3.00 bits per heavy atom. The SMILES string of the molecule is COc1cc(N2CCCC(CN)C2)ccc1[N+](=O)[O-]. The van der Waals surface area contributed by atoms with Gasteiger partial charge in [0.1, 0.15) is 0 Å². The van der Waals surface area contributed by atoms with Crippen LogP contribution in [0, 0.1) is 16.0 Å². The largest absolute Gasteiger partial charge is 0.490 e. The maximum Gasteiger partial charge on any atom is 0.311 e. The molecular formula is C13H19N3O3. The summed E-state index contributed by atoms with van der Waals surface area (Å²) >= 11 is 0. The van der Waals surface area contributed by atoms with Crippen LogP contribution in [0.3, 0.4) is 0 Å². The smallest absolute Gasteiger partial charge is 0.311 e. The molecule has 0 bridgehead atoms. The van der Waals surface area contributed by atoms with E-state index in [0.29, 0.717) is 18.2 Å². The Labute approximate surface area is 112 Å². The number of nitro benzene ring substituents is 1. The van der Waals surface area contributed by atoms with Gasteiger partial charge < -0.3 is 15.4 Å². The molecule has 0 radical (unpaired) electrons. The molecule has 1 atom stereocenters. The summed E-state index contributed by atoms with van der Waals surface area (Å²) in [6.07, 6.45) is 2.25. The van der Waals surface area contributed by atoms with Crippen LogP contribution in [-0.4, -0.2) is 31.7 Å². The Morgan fingerprint density at radius 2 is 2.37 bits per heavy atom. The summed E-state index contributed by atoms with van der Waals surface area (Å²) in [5.74, 6) is 0.798. The minimum absolute atomic E-state index is 0.00126. The van der Waals surface area contributed by atoms with E-state index in [9.17, 15) is 10.1 Å². The predicted molar refractivity (Wildman–Crippen MR) is 73.6 cm³/mol. The number of piperidine rings is 1. The van der Waals surface area contributed by atoms with E-state index in [1.165, 1.54) is 13.2 Å². The molecule has 1 fully saturated rings. The van der Waals surface area contributed by atoms with Gasteiger partial charge in [-0.3, -0.25) is 10.1 Å². The minimum Gasteiger partial charge on any atom is -0.490 e. The molecule has 1 unspecified atom stereocenters. The quantitative estimate of drug-likeness (QED) is 0.663. The highest BCUT2D eigenvalue weighted by atomic mass is 16.6. The van der Waals surface area contributed by atoms with Crippen molar-refractivity contribution in [2.24, 2.45) is 11.7 Å². The van der Waals surface area contributed by atoms with Crippen LogP contribution in [0.25, 0.3) is 0 Å². The maximum atomic E-state index is 10.9. The van der Waals surface area contributed by atoms with E-state index < -0.39 is 4.92 Å². The highest BCUT2D eigenvalue weighted by Crippen LogP contribution is 2.32. The van der Waals surface area contributed by atoms with Crippen molar-refractivity contribution < 1.29 is 9.66 Å². The molecule has 104 valence electrons. The number of ether oxygens (including phenoxy) is 1. The van der Waals surface area contributed by atoms with E-state index in [4.69, 9.17) is 10.5 Å². The summed E-state index contributed by atoms with van der Waals surface area (Å²) in [5.41, 5.74) is 6.68. The van der Waals surface area contributed by atoms with Crippen LogP contribution in [-0.2, 0) is 0 Å². The highest BCUT2D eigenvalue weighted by molar-refractivity contribution is 5.59. The molecule has 6 heteroatoms. The van der Waals surface area contributed by atoms with Gasteiger partial charge in [-0.15, -0.1) is 0 Å². The molecule has 19 heavy (non-hydrogen) atoms. The van der Waals surface area contributed by atoms with Crippen molar-refractivity contribution in [3.63, 3.8) is 0 Å². The molecule has 0 spiro atoms. The van der Waals surface area contributed by atoms with Crippen molar-refractivity contribution in [2.75, 3.05) is 31.6 Å². The van der Waals surface area contributed by atoms with Gasteiger partial charge in [0.15, 0.2) is 5.75 Å². The molecule has 1 aromatic rings. The van der Waals surface area contributed by atoms with Crippen LogP contribution in [0.15, 0.2) is 18.2 Å². The summed E-state index contributed by atoms with van der Waals surface area (Å²) in [6, 6.07) is 5.01. The third-order valence-electron chi connectivity index (χ3n) is 3.58. The third kappa shape index (κ3) is 2.96. The lowest BCUT2D eigenvalue weighted by Crippen LogP contribution is -2.38. The minimum atomic E-state index is -0.429. The van der Waals surface area contributed by atoms with Crippen LogP contribution in [0.1, 0.15) is 12.8 Å². The van der Waals surface area contributed by atoms with E-state index in [1.807, 2.05) is 0 Å². The second-order valence-corrected chi connectivity index (χ2v) is 4.80. The lowest BCUT2D eigenvalue weighted by molar-refractivity contribution is -0.385. The van der Waals surface area contributed by atoms with Gasteiger partial charge in [0.2, 0.25) is 0 Å². The summed E-state index contributed by atoms with van der Waals surface area (Å²) in [5, 5.41) is 10.9. The zero-order valence-corrected chi connectivity index (χ0v) is 11.0. The second-order valence-electron chi connectivity index (χ2n) is 4.80. The first kappa shape index (κ1) is 13.6. The number of nitro groups is 1. The maximum absolute atomic E-state index is 10.9. The molecule has 0 amide bonds. The number of anilines is 1. The fraction of sp³-hybridized carbons (Fsp3) is 0.538. The zero-order chi connectivity index (χ0) is 13.8. The lowest BCUT2D eigenvalue weighted by Gasteiger charge is -2.34. The van der Waals surface area contributed by atoms with Crippen molar-refractivity contribution in [3.05, 3.63) is 28.3 Å². The molecular weight excluding hydrogens is 246 g/mol. The molecule has 0 saturated carbocycles. The number of nitrogens with zero attached hydrogens (tertiary/aromatic N) is 2. The number of rotatable bonds is 4. The van der Waals surface area contributed by atoms with Crippen molar-refractivity contribution in [3.8, 4) is 5.75 Å². The molecule has 0 aromatic heterocycles. The van der Waals surface area contributed by atoms with Gasteiger partial charge in [-0.2, -0.15) is 0 Å². The van der Waals surface area contributed by atoms with E-state index in [-0.39, 0.29) is 5.69 Å². The second kappa shape index (κ2) is 5.88.